The molecule has 2 amide bonds. The topological polar surface area (TPSA) is 113 Å². The van der Waals surface area contributed by atoms with Crippen LogP contribution in [0.25, 0.3) is 0 Å². The lowest BCUT2D eigenvalue weighted by atomic mass is 10.0. The Kier molecular flexibility index (Phi) is 9.35. The smallest absolute Gasteiger partial charge is 0.242 e. The van der Waals surface area contributed by atoms with E-state index < -0.39 is 62.7 Å². The van der Waals surface area contributed by atoms with Gasteiger partial charge in [-0.15, -0.1) is 0 Å². The summed E-state index contributed by atoms with van der Waals surface area (Å²) in [6.45, 7) is 3.95. The first-order chi connectivity index (χ1) is 17.4. The van der Waals surface area contributed by atoms with Gasteiger partial charge in [0.15, 0.2) is 0 Å². The molecule has 204 valence electrons. The van der Waals surface area contributed by atoms with Crippen molar-refractivity contribution in [2.75, 3.05) is 6.54 Å². The molecule has 2 atom stereocenters. The van der Waals surface area contributed by atoms with E-state index >= 15 is 0 Å². The number of carbonyl (C=O) groups is 2. The van der Waals surface area contributed by atoms with Gasteiger partial charge < -0.3 is 10.6 Å². The van der Waals surface area contributed by atoms with Crippen LogP contribution < -0.4 is 10.6 Å². The van der Waals surface area contributed by atoms with Gasteiger partial charge in [-0.3, -0.25) is 14.3 Å². The molecule has 9 nitrogen and oxygen atoms in total. The maximum atomic E-state index is 14.2. The number of nitrogens with one attached hydrogen (secondary N) is 2. The molecule has 1 fully saturated rings. The minimum absolute atomic E-state index is 0.0209. The largest absolute Gasteiger partial charge is 0.350 e. The summed E-state index contributed by atoms with van der Waals surface area (Å²) < 4.78 is 70.4. The quantitative estimate of drug-likeness (QED) is 0.478. The van der Waals surface area contributed by atoms with Gasteiger partial charge in [0.1, 0.15) is 29.5 Å². The molecule has 0 bridgehead atoms. The Balaban J connectivity index is 1.75. The Morgan fingerprint density at radius 3 is 2.43 bits per heavy atom. The van der Waals surface area contributed by atoms with Gasteiger partial charge in [-0.05, 0) is 25.2 Å². The molecule has 1 aliphatic heterocycles. The first-order valence-corrected chi connectivity index (χ1v) is 13.7. The second-order valence-electron chi connectivity index (χ2n) is 9.66. The van der Waals surface area contributed by atoms with Gasteiger partial charge in [-0.1, -0.05) is 20.3 Å². The van der Waals surface area contributed by atoms with Crippen molar-refractivity contribution in [2.24, 2.45) is 13.0 Å². The molecule has 13 heteroatoms. The van der Waals surface area contributed by atoms with Crippen LogP contribution in [0.1, 0.15) is 50.7 Å². The summed E-state index contributed by atoms with van der Waals surface area (Å²) in [7, 11) is -2.61. The molecular formula is C24H32F3N5O4S. The van der Waals surface area contributed by atoms with Crippen LogP contribution in [0.2, 0.25) is 0 Å². The number of piperidine rings is 1. The highest BCUT2D eigenvalue weighted by Gasteiger charge is 2.39. The average Bonchev–Trinajstić information content (AvgIpc) is 3.24. The summed E-state index contributed by atoms with van der Waals surface area (Å²) in [5.41, 5.74) is -0.0196. The fourth-order valence-electron chi connectivity index (χ4n) is 4.32. The van der Waals surface area contributed by atoms with Gasteiger partial charge >= 0.3 is 0 Å². The fourth-order valence-corrected chi connectivity index (χ4v) is 6.12. The molecule has 1 unspecified atom stereocenters. The Hall–Kier alpha value is -2.93. The van der Waals surface area contributed by atoms with Crippen molar-refractivity contribution in [2.45, 2.75) is 63.9 Å². The van der Waals surface area contributed by atoms with Crippen LogP contribution in [0, 0.1) is 23.4 Å². The summed E-state index contributed by atoms with van der Waals surface area (Å²) in [6, 6.07) is -1.24. The SMILES string of the molecule is CC(C)CC(NC(=O)[C@@H]1CCCCN1S(=O)(=O)Cc1c(F)cc(F)cc1F)C(=O)NCc1cnn(C)c1. The van der Waals surface area contributed by atoms with Gasteiger partial charge in [0.25, 0.3) is 0 Å². The summed E-state index contributed by atoms with van der Waals surface area (Å²) >= 11 is 0. The monoisotopic (exact) mass is 543 g/mol. The second kappa shape index (κ2) is 12.1. The number of hydrogen-bond acceptors (Lipinski definition) is 5. The zero-order chi connectivity index (χ0) is 27.3. The van der Waals surface area contributed by atoms with Crippen molar-refractivity contribution >= 4 is 21.8 Å². The zero-order valence-electron chi connectivity index (χ0n) is 21.0. The number of rotatable bonds is 10. The molecule has 37 heavy (non-hydrogen) atoms. The molecule has 1 aromatic carbocycles. The normalized spacial score (nSPS) is 17.5. The molecule has 1 aromatic heterocycles. The summed E-state index contributed by atoms with van der Waals surface area (Å²) in [6.07, 6.45) is 4.87. The van der Waals surface area contributed by atoms with Gasteiger partial charge in [-0.2, -0.15) is 9.40 Å². The van der Waals surface area contributed by atoms with Gasteiger partial charge in [0, 0.05) is 49.6 Å². The van der Waals surface area contributed by atoms with Crippen LogP contribution in [0.15, 0.2) is 24.5 Å². The van der Waals surface area contributed by atoms with Crippen molar-refractivity contribution in [3.05, 3.63) is 53.1 Å². The molecule has 2 aromatic rings. The minimum atomic E-state index is -4.35. The number of sulfonamides is 1. The third-order valence-corrected chi connectivity index (χ3v) is 7.92. The lowest BCUT2D eigenvalue weighted by Gasteiger charge is -2.34. The Morgan fingerprint density at radius 1 is 1.16 bits per heavy atom. The number of benzene rings is 1. The highest BCUT2D eigenvalue weighted by Crippen LogP contribution is 2.26. The van der Waals surface area contributed by atoms with Crippen LogP contribution in [-0.4, -0.2) is 52.9 Å². The average molecular weight is 544 g/mol. The zero-order valence-corrected chi connectivity index (χ0v) is 21.8. The fraction of sp³-hybridized carbons (Fsp3) is 0.542. The van der Waals surface area contributed by atoms with E-state index in [1.54, 1.807) is 24.1 Å². The lowest BCUT2D eigenvalue weighted by molar-refractivity contribution is -0.132. The van der Waals surface area contributed by atoms with Crippen molar-refractivity contribution in [1.82, 2.24) is 24.7 Å². The van der Waals surface area contributed by atoms with Crippen molar-refractivity contribution in [1.29, 1.82) is 0 Å². The number of amides is 2. The maximum Gasteiger partial charge on any atom is 0.242 e. The third-order valence-electron chi connectivity index (χ3n) is 6.11. The number of nitrogens with zero attached hydrogens (tertiary/aromatic N) is 3. The summed E-state index contributed by atoms with van der Waals surface area (Å²) in [5.74, 6) is -5.90. The molecule has 1 saturated heterocycles. The summed E-state index contributed by atoms with van der Waals surface area (Å²) in [5, 5.41) is 9.49. The van der Waals surface area contributed by atoms with E-state index in [9.17, 15) is 31.2 Å². The maximum absolute atomic E-state index is 14.2. The Morgan fingerprint density at radius 2 is 1.84 bits per heavy atom. The standard InChI is InChI=1S/C24H32F3N5O4S/c1-15(2)8-21(23(33)28-11-16-12-29-31(3)13-16)30-24(34)22-6-4-5-7-32(22)37(35,36)14-18-19(26)9-17(25)10-20(18)27/h9-10,12-13,15,21-22H,4-8,11,14H2,1-3H3,(H,28,33)(H,30,34)/t21?,22-/m0/s1. The molecule has 1 aliphatic rings. The molecule has 0 saturated carbocycles. The highest BCUT2D eigenvalue weighted by molar-refractivity contribution is 7.88. The molecule has 0 spiro atoms. The summed E-state index contributed by atoms with van der Waals surface area (Å²) in [4.78, 5) is 26.2. The van der Waals surface area contributed by atoms with Crippen LogP contribution in [-0.2, 0) is 39.0 Å². The van der Waals surface area contributed by atoms with Crippen LogP contribution in [0.4, 0.5) is 13.2 Å². The number of halogens is 3. The van der Waals surface area contributed by atoms with E-state index in [0.29, 0.717) is 31.4 Å². The Labute approximate surface area is 214 Å². The third kappa shape index (κ3) is 7.54. The first-order valence-electron chi connectivity index (χ1n) is 12.1. The highest BCUT2D eigenvalue weighted by atomic mass is 32.2. The van der Waals surface area contributed by atoms with Crippen LogP contribution in [0.5, 0.6) is 0 Å². The molecule has 0 aliphatic carbocycles. The molecule has 0 radical (unpaired) electrons. The molecule has 2 N–H and O–H groups in total. The number of hydrogen-bond donors (Lipinski definition) is 2. The van der Waals surface area contributed by atoms with E-state index in [-0.39, 0.29) is 25.4 Å². The van der Waals surface area contributed by atoms with Crippen molar-refractivity contribution in [3.63, 3.8) is 0 Å². The van der Waals surface area contributed by atoms with E-state index in [0.717, 1.165) is 9.87 Å². The molecular weight excluding hydrogens is 511 g/mol. The predicted octanol–water partition coefficient (Wildman–Crippen LogP) is 2.37. The molecule has 2 heterocycles. The van der Waals surface area contributed by atoms with Crippen molar-refractivity contribution in [3.8, 4) is 0 Å². The van der Waals surface area contributed by atoms with E-state index in [2.05, 4.69) is 15.7 Å². The van der Waals surface area contributed by atoms with E-state index in [1.165, 1.54) is 0 Å². The predicted molar refractivity (Wildman–Crippen MR) is 130 cm³/mol. The van der Waals surface area contributed by atoms with Gasteiger partial charge in [0.05, 0.1) is 11.9 Å². The van der Waals surface area contributed by atoms with Crippen molar-refractivity contribution < 1.29 is 31.2 Å². The van der Waals surface area contributed by atoms with Gasteiger partial charge in [-0.25, -0.2) is 21.6 Å². The molecule has 3 rings (SSSR count). The lowest BCUT2D eigenvalue weighted by Crippen LogP contribution is -2.56. The number of aromatic nitrogens is 2. The van der Waals surface area contributed by atoms with E-state index in [1.807, 2.05) is 13.8 Å². The number of carbonyl (C=O) groups excluding carboxylic acids is 2. The van der Waals surface area contributed by atoms with Crippen LogP contribution >= 0.6 is 0 Å². The second-order valence-corrected chi connectivity index (χ2v) is 11.6. The first kappa shape index (κ1) is 28.6. The number of aryl methyl sites for hydroxylation is 1. The Bertz CT molecular complexity index is 1210. The van der Waals surface area contributed by atoms with E-state index in [4.69, 9.17) is 0 Å². The van der Waals surface area contributed by atoms with Crippen LogP contribution in [0.3, 0.4) is 0 Å². The van der Waals surface area contributed by atoms with Gasteiger partial charge in [0.2, 0.25) is 21.8 Å². The minimum Gasteiger partial charge on any atom is -0.350 e.